The molecule has 1 atom stereocenters. The number of benzene rings is 1. The van der Waals surface area contributed by atoms with Crippen molar-refractivity contribution in [1.82, 2.24) is 10.6 Å². The molecule has 5 nitrogen and oxygen atoms in total. The van der Waals surface area contributed by atoms with Crippen LogP contribution >= 0.6 is 0 Å². The molecule has 5 heteroatoms. The molecule has 128 valence electrons. The molecule has 0 bridgehead atoms. The van der Waals surface area contributed by atoms with Crippen molar-refractivity contribution >= 4 is 11.8 Å². The predicted octanol–water partition coefficient (Wildman–Crippen LogP) is 1.95. The average Bonchev–Trinajstić information content (AvgIpc) is 3.11. The van der Waals surface area contributed by atoms with Gasteiger partial charge in [0.25, 0.3) is 5.91 Å². The van der Waals surface area contributed by atoms with Gasteiger partial charge >= 0.3 is 0 Å². The number of amides is 2. The van der Waals surface area contributed by atoms with E-state index in [1.54, 1.807) is 0 Å². The minimum Gasteiger partial charge on any atom is -0.480 e. The summed E-state index contributed by atoms with van der Waals surface area (Å²) in [6, 6.07) is 7.72. The van der Waals surface area contributed by atoms with Gasteiger partial charge in [0.2, 0.25) is 5.91 Å². The number of carbonyl (C=O) groups excluding carboxylic acids is 2. The average molecular weight is 328 g/mol. The summed E-state index contributed by atoms with van der Waals surface area (Å²) in [6.45, 7) is 0.738. The quantitative estimate of drug-likeness (QED) is 0.868. The van der Waals surface area contributed by atoms with E-state index in [2.05, 4.69) is 10.6 Å². The maximum atomic E-state index is 12.7. The summed E-state index contributed by atoms with van der Waals surface area (Å²) >= 11 is 0. The van der Waals surface area contributed by atoms with E-state index in [0.717, 1.165) is 43.5 Å². The molecule has 1 aromatic rings. The minimum absolute atomic E-state index is 0.0178. The molecule has 3 aliphatic rings. The van der Waals surface area contributed by atoms with Gasteiger partial charge in [-0.2, -0.15) is 0 Å². The second-order valence-electron chi connectivity index (χ2n) is 7.35. The van der Waals surface area contributed by atoms with Crippen LogP contribution in [0.2, 0.25) is 0 Å². The fraction of sp³-hybridized carbons (Fsp3) is 0.579. The molecule has 0 aromatic heterocycles. The standard InChI is InChI=1S/C19H24N2O3/c22-17(16-11-14-5-1-2-6-15(14)24-16)21-19(9-3-4-10-19)18(23)20-12-13-7-8-13/h1-2,5-6,13,16H,3-4,7-12H2,(H,20,23)(H,21,22)/t16-/m0/s1. The third kappa shape index (κ3) is 2.99. The van der Waals surface area contributed by atoms with Crippen LogP contribution < -0.4 is 15.4 Å². The number of hydrogen-bond acceptors (Lipinski definition) is 3. The Balaban J connectivity index is 1.41. The molecule has 1 aliphatic heterocycles. The lowest BCUT2D eigenvalue weighted by molar-refractivity contribution is -0.136. The highest BCUT2D eigenvalue weighted by Crippen LogP contribution is 2.33. The zero-order valence-corrected chi connectivity index (χ0v) is 13.8. The Kier molecular flexibility index (Phi) is 3.94. The zero-order valence-electron chi connectivity index (χ0n) is 13.8. The summed E-state index contributed by atoms with van der Waals surface area (Å²) < 4.78 is 5.77. The fourth-order valence-electron chi connectivity index (χ4n) is 3.76. The second-order valence-corrected chi connectivity index (χ2v) is 7.35. The van der Waals surface area contributed by atoms with E-state index in [1.165, 1.54) is 12.8 Å². The van der Waals surface area contributed by atoms with Gasteiger partial charge in [0, 0.05) is 13.0 Å². The third-order valence-corrected chi connectivity index (χ3v) is 5.44. The number of hydrogen-bond donors (Lipinski definition) is 2. The Labute approximate surface area is 142 Å². The van der Waals surface area contributed by atoms with E-state index < -0.39 is 11.6 Å². The first-order valence-electron chi connectivity index (χ1n) is 9.01. The molecule has 0 saturated heterocycles. The Hall–Kier alpha value is -2.04. The molecule has 2 amide bonds. The summed E-state index contributed by atoms with van der Waals surface area (Å²) in [5.41, 5.74) is 0.306. The van der Waals surface area contributed by atoms with Crippen LogP contribution in [0.1, 0.15) is 44.1 Å². The molecule has 1 aromatic carbocycles. The number of ether oxygens (including phenoxy) is 1. The Bertz CT molecular complexity index is 623. The lowest BCUT2D eigenvalue weighted by Gasteiger charge is -2.30. The van der Waals surface area contributed by atoms with Crippen LogP contribution in [0.5, 0.6) is 5.75 Å². The first-order valence-corrected chi connectivity index (χ1v) is 9.01. The summed E-state index contributed by atoms with van der Waals surface area (Å²) in [5.74, 6) is 1.22. The fourth-order valence-corrected chi connectivity index (χ4v) is 3.76. The first-order chi connectivity index (χ1) is 11.7. The van der Waals surface area contributed by atoms with E-state index in [-0.39, 0.29) is 11.8 Å². The summed E-state index contributed by atoms with van der Waals surface area (Å²) in [7, 11) is 0. The Morgan fingerprint density at radius 2 is 1.92 bits per heavy atom. The van der Waals surface area contributed by atoms with Gasteiger partial charge in [0.05, 0.1) is 0 Å². The van der Waals surface area contributed by atoms with Gasteiger partial charge in [0.1, 0.15) is 11.3 Å². The normalized spacial score (nSPS) is 24.1. The SMILES string of the molecule is O=C(NC1(C(=O)NCC2CC2)CCCC1)[C@@H]1Cc2ccccc2O1. The monoisotopic (exact) mass is 328 g/mol. The predicted molar refractivity (Wildman–Crippen MR) is 89.6 cm³/mol. The van der Waals surface area contributed by atoms with Gasteiger partial charge in [-0.05, 0) is 43.2 Å². The molecular weight excluding hydrogens is 304 g/mol. The molecule has 0 spiro atoms. The smallest absolute Gasteiger partial charge is 0.262 e. The maximum Gasteiger partial charge on any atom is 0.262 e. The summed E-state index contributed by atoms with van der Waals surface area (Å²) in [6.07, 6.45) is 5.83. The van der Waals surface area contributed by atoms with Crippen molar-refractivity contribution < 1.29 is 14.3 Å². The van der Waals surface area contributed by atoms with Crippen LogP contribution in [0.15, 0.2) is 24.3 Å². The van der Waals surface area contributed by atoms with E-state index in [1.807, 2.05) is 24.3 Å². The van der Waals surface area contributed by atoms with Crippen molar-refractivity contribution in [3.05, 3.63) is 29.8 Å². The van der Waals surface area contributed by atoms with Crippen molar-refractivity contribution in [2.24, 2.45) is 5.92 Å². The van der Waals surface area contributed by atoms with E-state index in [0.29, 0.717) is 12.3 Å². The molecule has 2 N–H and O–H groups in total. The molecule has 0 radical (unpaired) electrons. The number of nitrogens with one attached hydrogen (secondary N) is 2. The molecule has 2 saturated carbocycles. The molecule has 0 unspecified atom stereocenters. The van der Waals surface area contributed by atoms with E-state index in [9.17, 15) is 9.59 Å². The Morgan fingerprint density at radius 1 is 1.17 bits per heavy atom. The van der Waals surface area contributed by atoms with Crippen LogP contribution in [0.25, 0.3) is 0 Å². The molecule has 1 heterocycles. The lowest BCUT2D eigenvalue weighted by atomic mass is 9.95. The molecule has 2 fully saturated rings. The van der Waals surface area contributed by atoms with Crippen LogP contribution in [0, 0.1) is 5.92 Å². The van der Waals surface area contributed by atoms with Crippen molar-refractivity contribution in [1.29, 1.82) is 0 Å². The van der Waals surface area contributed by atoms with Crippen LogP contribution in [-0.2, 0) is 16.0 Å². The first kappa shape index (κ1) is 15.5. The van der Waals surface area contributed by atoms with E-state index in [4.69, 9.17) is 4.74 Å². The lowest BCUT2D eigenvalue weighted by Crippen LogP contribution is -2.59. The van der Waals surface area contributed by atoms with Gasteiger partial charge in [-0.3, -0.25) is 9.59 Å². The highest BCUT2D eigenvalue weighted by molar-refractivity contribution is 5.93. The van der Waals surface area contributed by atoms with Crippen molar-refractivity contribution in [3.8, 4) is 5.75 Å². The van der Waals surface area contributed by atoms with Crippen LogP contribution in [0.4, 0.5) is 0 Å². The second kappa shape index (κ2) is 6.11. The number of para-hydroxylation sites is 1. The molecular formula is C19H24N2O3. The van der Waals surface area contributed by atoms with Crippen molar-refractivity contribution in [3.63, 3.8) is 0 Å². The zero-order chi connectivity index (χ0) is 16.6. The van der Waals surface area contributed by atoms with E-state index >= 15 is 0 Å². The van der Waals surface area contributed by atoms with Crippen molar-refractivity contribution in [2.45, 2.75) is 56.6 Å². The van der Waals surface area contributed by atoms with Gasteiger partial charge in [0.15, 0.2) is 6.10 Å². The topological polar surface area (TPSA) is 67.4 Å². The highest BCUT2D eigenvalue weighted by atomic mass is 16.5. The Morgan fingerprint density at radius 3 is 2.62 bits per heavy atom. The summed E-state index contributed by atoms with van der Waals surface area (Å²) in [5, 5.41) is 6.08. The number of rotatable bonds is 5. The maximum absolute atomic E-state index is 12.7. The van der Waals surface area contributed by atoms with Crippen molar-refractivity contribution in [2.75, 3.05) is 6.54 Å². The number of fused-ring (bicyclic) bond motifs is 1. The highest BCUT2D eigenvalue weighted by Gasteiger charge is 2.44. The van der Waals surface area contributed by atoms with Crippen LogP contribution in [0.3, 0.4) is 0 Å². The minimum atomic E-state index is -0.746. The van der Waals surface area contributed by atoms with Gasteiger partial charge < -0.3 is 15.4 Å². The summed E-state index contributed by atoms with van der Waals surface area (Å²) in [4.78, 5) is 25.4. The molecule has 4 rings (SSSR count). The third-order valence-electron chi connectivity index (χ3n) is 5.44. The number of carbonyl (C=O) groups is 2. The molecule has 24 heavy (non-hydrogen) atoms. The van der Waals surface area contributed by atoms with Gasteiger partial charge in [-0.1, -0.05) is 31.0 Å². The van der Waals surface area contributed by atoms with Gasteiger partial charge in [-0.15, -0.1) is 0 Å². The van der Waals surface area contributed by atoms with Crippen LogP contribution in [-0.4, -0.2) is 30.0 Å². The van der Waals surface area contributed by atoms with Gasteiger partial charge in [-0.25, -0.2) is 0 Å². The molecule has 2 aliphatic carbocycles. The largest absolute Gasteiger partial charge is 0.480 e.